The van der Waals surface area contributed by atoms with Crippen LogP contribution in [0.25, 0.3) is 0 Å². The molecule has 0 amide bonds. The van der Waals surface area contributed by atoms with Gasteiger partial charge in [-0.1, -0.05) is 6.07 Å². The first-order valence-corrected chi connectivity index (χ1v) is 5.19. The van der Waals surface area contributed by atoms with E-state index < -0.39 is 6.10 Å². The standard InChI is InChI=1S/C12H14N2O/c13-7-8-4-5-10-9(6-8)2-1-3-11(14)12(10)15/h4-6,11-12,15H,1-3,14H2/t11-,12+/m1/s1. The van der Waals surface area contributed by atoms with Crippen LogP contribution in [0.2, 0.25) is 0 Å². The number of benzene rings is 1. The Morgan fingerprint density at radius 1 is 1.47 bits per heavy atom. The largest absolute Gasteiger partial charge is 0.387 e. The normalized spacial score (nSPS) is 25.1. The first-order valence-electron chi connectivity index (χ1n) is 5.19. The van der Waals surface area contributed by atoms with Crippen molar-refractivity contribution in [2.75, 3.05) is 0 Å². The Labute approximate surface area is 89.1 Å². The van der Waals surface area contributed by atoms with Crippen LogP contribution in [0.4, 0.5) is 0 Å². The maximum Gasteiger partial charge on any atom is 0.0991 e. The lowest BCUT2D eigenvalue weighted by molar-refractivity contribution is 0.144. The number of nitrogens with two attached hydrogens (primary N) is 1. The molecule has 0 aromatic heterocycles. The molecule has 15 heavy (non-hydrogen) atoms. The molecule has 3 nitrogen and oxygen atoms in total. The zero-order chi connectivity index (χ0) is 10.8. The van der Waals surface area contributed by atoms with Crippen molar-refractivity contribution in [3.8, 4) is 6.07 Å². The summed E-state index contributed by atoms with van der Waals surface area (Å²) >= 11 is 0. The molecule has 0 saturated carbocycles. The van der Waals surface area contributed by atoms with E-state index in [1.54, 1.807) is 6.07 Å². The Morgan fingerprint density at radius 2 is 2.27 bits per heavy atom. The Hall–Kier alpha value is -1.37. The number of aryl methyl sites for hydroxylation is 1. The number of hydrogen-bond donors (Lipinski definition) is 2. The van der Waals surface area contributed by atoms with E-state index in [9.17, 15) is 5.11 Å². The second kappa shape index (κ2) is 4.01. The van der Waals surface area contributed by atoms with Crippen molar-refractivity contribution in [1.82, 2.24) is 0 Å². The molecule has 0 fully saturated rings. The molecule has 3 N–H and O–H groups in total. The zero-order valence-electron chi connectivity index (χ0n) is 8.48. The highest BCUT2D eigenvalue weighted by Gasteiger charge is 2.22. The molecule has 0 heterocycles. The average Bonchev–Trinajstić information content (AvgIpc) is 2.40. The Morgan fingerprint density at radius 3 is 3.00 bits per heavy atom. The van der Waals surface area contributed by atoms with Gasteiger partial charge >= 0.3 is 0 Å². The number of rotatable bonds is 0. The summed E-state index contributed by atoms with van der Waals surface area (Å²) in [5, 5.41) is 18.8. The molecule has 0 bridgehead atoms. The fraction of sp³-hybridized carbons (Fsp3) is 0.417. The zero-order valence-corrected chi connectivity index (χ0v) is 8.48. The second-order valence-corrected chi connectivity index (χ2v) is 4.03. The van der Waals surface area contributed by atoms with Crippen LogP contribution in [-0.4, -0.2) is 11.1 Å². The summed E-state index contributed by atoms with van der Waals surface area (Å²) in [5.41, 5.74) is 8.45. The molecule has 0 saturated heterocycles. The van der Waals surface area contributed by atoms with E-state index in [4.69, 9.17) is 11.0 Å². The van der Waals surface area contributed by atoms with Crippen molar-refractivity contribution in [2.45, 2.75) is 31.4 Å². The van der Waals surface area contributed by atoms with Gasteiger partial charge < -0.3 is 10.8 Å². The van der Waals surface area contributed by atoms with Crippen LogP contribution in [-0.2, 0) is 6.42 Å². The lowest BCUT2D eigenvalue weighted by Crippen LogP contribution is -2.27. The fourth-order valence-electron chi connectivity index (χ4n) is 2.10. The summed E-state index contributed by atoms with van der Waals surface area (Å²) in [4.78, 5) is 0. The minimum atomic E-state index is -0.588. The van der Waals surface area contributed by atoms with Crippen molar-refractivity contribution in [3.05, 3.63) is 34.9 Å². The van der Waals surface area contributed by atoms with Gasteiger partial charge in [-0.05, 0) is 42.5 Å². The Balaban J connectivity index is 2.45. The monoisotopic (exact) mass is 202 g/mol. The summed E-state index contributed by atoms with van der Waals surface area (Å²) < 4.78 is 0. The van der Waals surface area contributed by atoms with Crippen LogP contribution in [0.15, 0.2) is 18.2 Å². The lowest BCUT2D eigenvalue weighted by Gasteiger charge is -2.17. The maximum absolute atomic E-state index is 9.97. The summed E-state index contributed by atoms with van der Waals surface area (Å²) in [7, 11) is 0. The van der Waals surface area contributed by atoms with Gasteiger partial charge in [0.25, 0.3) is 0 Å². The number of fused-ring (bicyclic) bond motifs is 1. The van der Waals surface area contributed by atoms with E-state index in [0.29, 0.717) is 5.56 Å². The van der Waals surface area contributed by atoms with E-state index in [1.165, 1.54) is 0 Å². The van der Waals surface area contributed by atoms with Gasteiger partial charge in [0.1, 0.15) is 0 Å². The van der Waals surface area contributed by atoms with Crippen LogP contribution in [0.3, 0.4) is 0 Å². The quantitative estimate of drug-likeness (QED) is 0.622. The predicted molar refractivity (Wildman–Crippen MR) is 57.0 cm³/mol. The van der Waals surface area contributed by atoms with Gasteiger partial charge in [-0.3, -0.25) is 0 Å². The second-order valence-electron chi connectivity index (χ2n) is 4.03. The van der Waals surface area contributed by atoms with E-state index in [0.717, 1.165) is 30.4 Å². The highest BCUT2D eigenvalue weighted by atomic mass is 16.3. The highest BCUT2D eigenvalue weighted by molar-refractivity contribution is 5.40. The van der Waals surface area contributed by atoms with Gasteiger partial charge in [0.05, 0.1) is 17.7 Å². The van der Waals surface area contributed by atoms with Crippen LogP contribution < -0.4 is 5.73 Å². The molecule has 2 rings (SSSR count). The number of nitriles is 1. The summed E-state index contributed by atoms with van der Waals surface area (Å²) in [6, 6.07) is 7.35. The van der Waals surface area contributed by atoms with E-state index in [-0.39, 0.29) is 6.04 Å². The smallest absolute Gasteiger partial charge is 0.0991 e. The molecule has 0 aliphatic heterocycles. The van der Waals surface area contributed by atoms with Gasteiger partial charge in [-0.25, -0.2) is 0 Å². The minimum absolute atomic E-state index is 0.181. The van der Waals surface area contributed by atoms with Crippen molar-refractivity contribution < 1.29 is 5.11 Å². The summed E-state index contributed by atoms with van der Waals surface area (Å²) in [6.45, 7) is 0. The SMILES string of the molecule is N#Cc1ccc2c(c1)CCC[C@@H](N)[C@H]2O. The maximum atomic E-state index is 9.97. The van der Waals surface area contributed by atoms with Crippen LogP contribution in [0.1, 0.15) is 35.6 Å². The van der Waals surface area contributed by atoms with Crippen LogP contribution in [0, 0.1) is 11.3 Å². The fourth-order valence-corrected chi connectivity index (χ4v) is 2.10. The molecule has 78 valence electrons. The molecule has 0 spiro atoms. The van der Waals surface area contributed by atoms with Crippen LogP contribution in [0.5, 0.6) is 0 Å². The number of hydrogen-bond acceptors (Lipinski definition) is 3. The number of aliphatic hydroxyl groups excluding tert-OH is 1. The third-order valence-corrected chi connectivity index (χ3v) is 2.98. The van der Waals surface area contributed by atoms with E-state index >= 15 is 0 Å². The topological polar surface area (TPSA) is 70.0 Å². The van der Waals surface area contributed by atoms with E-state index in [2.05, 4.69) is 6.07 Å². The third kappa shape index (κ3) is 1.87. The van der Waals surface area contributed by atoms with Crippen molar-refractivity contribution in [3.63, 3.8) is 0 Å². The highest BCUT2D eigenvalue weighted by Crippen LogP contribution is 2.28. The lowest BCUT2D eigenvalue weighted by atomic mass is 9.97. The number of aliphatic hydroxyl groups is 1. The summed E-state index contributed by atoms with van der Waals surface area (Å²) in [6.07, 6.45) is 2.11. The summed E-state index contributed by atoms with van der Waals surface area (Å²) in [5.74, 6) is 0. The van der Waals surface area contributed by atoms with Gasteiger partial charge in [-0.15, -0.1) is 0 Å². The predicted octanol–water partition coefficient (Wildman–Crippen LogP) is 1.26. The minimum Gasteiger partial charge on any atom is -0.387 e. The van der Waals surface area contributed by atoms with Gasteiger partial charge in [0.2, 0.25) is 0 Å². The van der Waals surface area contributed by atoms with Crippen molar-refractivity contribution >= 4 is 0 Å². The van der Waals surface area contributed by atoms with E-state index in [1.807, 2.05) is 12.1 Å². The molecular formula is C12H14N2O. The Bertz CT molecular complexity index is 409. The molecule has 1 aliphatic rings. The molecule has 1 aromatic rings. The first-order chi connectivity index (χ1) is 7.22. The van der Waals surface area contributed by atoms with Gasteiger partial charge in [0.15, 0.2) is 0 Å². The molecule has 0 radical (unpaired) electrons. The average molecular weight is 202 g/mol. The molecule has 1 aromatic carbocycles. The number of nitrogens with zero attached hydrogens (tertiary/aromatic N) is 1. The van der Waals surface area contributed by atoms with Gasteiger partial charge in [0, 0.05) is 6.04 Å². The Kier molecular flexibility index (Phi) is 2.72. The van der Waals surface area contributed by atoms with Crippen molar-refractivity contribution in [1.29, 1.82) is 5.26 Å². The molecule has 1 aliphatic carbocycles. The first kappa shape index (κ1) is 10.2. The molecular weight excluding hydrogens is 188 g/mol. The van der Waals surface area contributed by atoms with Gasteiger partial charge in [-0.2, -0.15) is 5.26 Å². The van der Waals surface area contributed by atoms with Crippen LogP contribution >= 0.6 is 0 Å². The van der Waals surface area contributed by atoms with Crippen molar-refractivity contribution in [2.24, 2.45) is 5.73 Å². The molecule has 3 heteroatoms. The molecule has 2 atom stereocenters. The third-order valence-electron chi connectivity index (χ3n) is 2.98. The molecule has 0 unspecified atom stereocenters.